The van der Waals surface area contributed by atoms with Crippen LogP contribution in [0.15, 0.2) is 23.6 Å². The van der Waals surface area contributed by atoms with E-state index in [9.17, 15) is 4.79 Å². The van der Waals surface area contributed by atoms with Crippen molar-refractivity contribution < 1.29 is 19.0 Å². The van der Waals surface area contributed by atoms with Gasteiger partial charge in [-0.05, 0) is 37.1 Å². The first-order valence-corrected chi connectivity index (χ1v) is 9.99. The summed E-state index contributed by atoms with van der Waals surface area (Å²) in [6, 6.07) is 6.03. The number of amides is 1. The van der Waals surface area contributed by atoms with Gasteiger partial charge in [0.2, 0.25) is 6.79 Å². The fraction of sp³-hybridized carbons (Fsp3) is 0.474. The van der Waals surface area contributed by atoms with Gasteiger partial charge in [-0.1, -0.05) is 6.07 Å². The van der Waals surface area contributed by atoms with Gasteiger partial charge < -0.3 is 25.3 Å². The second-order valence-corrected chi connectivity index (χ2v) is 7.75. The lowest BCUT2D eigenvalue weighted by Gasteiger charge is -2.38. The molecule has 0 aliphatic carbocycles. The zero-order valence-electron chi connectivity index (χ0n) is 15.0. The molecule has 0 radical (unpaired) electrons. The molecule has 0 spiro atoms. The Morgan fingerprint density at radius 2 is 2.07 bits per heavy atom. The molecule has 27 heavy (non-hydrogen) atoms. The van der Waals surface area contributed by atoms with Gasteiger partial charge in [-0.3, -0.25) is 4.79 Å². The van der Waals surface area contributed by atoms with E-state index in [1.54, 1.807) is 5.38 Å². The van der Waals surface area contributed by atoms with Crippen LogP contribution in [0.4, 0.5) is 0 Å². The topological polar surface area (TPSA) is 95.7 Å². The summed E-state index contributed by atoms with van der Waals surface area (Å²) in [5, 5.41) is 5.75. The first-order chi connectivity index (χ1) is 13.2. The van der Waals surface area contributed by atoms with Crippen LogP contribution in [0.1, 0.15) is 33.9 Å². The number of benzene rings is 1. The number of thiazole rings is 1. The van der Waals surface area contributed by atoms with Crippen LogP contribution in [-0.2, 0) is 16.6 Å². The van der Waals surface area contributed by atoms with Gasteiger partial charge in [-0.15, -0.1) is 11.3 Å². The number of nitrogens with zero attached hydrogens (tertiary/aromatic N) is 1. The second kappa shape index (κ2) is 7.84. The summed E-state index contributed by atoms with van der Waals surface area (Å²) in [4.78, 5) is 17.0. The molecule has 0 bridgehead atoms. The highest BCUT2D eigenvalue weighted by atomic mass is 32.1. The van der Waals surface area contributed by atoms with Gasteiger partial charge in [0, 0.05) is 37.0 Å². The second-order valence-electron chi connectivity index (χ2n) is 6.81. The van der Waals surface area contributed by atoms with E-state index < -0.39 is 0 Å². The number of carbonyl (C=O) groups excluding carboxylic acids is 1. The third kappa shape index (κ3) is 3.78. The maximum atomic E-state index is 12.6. The van der Waals surface area contributed by atoms with E-state index in [1.165, 1.54) is 11.3 Å². The smallest absolute Gasteiger partial charge is 0.270 e. The van der Waals surface area contributed by atoms with Gasteiger partial charge in [0.25, 0.3) is 5.91 Å². The van der Waals surface area contributed by atoms with Crippen molar-refractivity contribution in [2.75, 3.05) is 33.1 Å². The minimum Gasteiger partial charge on any atom is -0.454 e. The standard InChI is InChI=1S/C19H23N3O4S/c20-6-3-17-22-14(10-27-17)18(23)21-11-19(4-7-24-8-5-19)13-1-2-15-16(9-13)26-12-25-15/h1-2,9-10H,3-8,11-12,20H2,(H,21,23). The van der Waals surface area contributed by atoms with Crippen LogP contribution in [0.25, 0.3) is 0 Å². The monoisotopic (exact) mass is 389 g/mol. The van der Waals surface area contributed by atoms with Crippen molar-refractivity contribution in [2.24, 2.45) is 5.73 Å². The number of aromatic nitrogens is 1. The summed E-state index contributed by atoms with van der Waals surface area (Å²) in [5.74, 6) is 1.37. The lowest BCUT2D eigenvalue weighted by Crippen LogP contribution is -2.44. The van der Waals surface area contributed by atoms with E-state index in [0.29, 0.717) is 38.4 Å². The quantitative estimate of drug-likeness (QED) is 0.783. The molecule has 1 saturated heterocycles. The van der Waals surface area contributed by atoms with Gasteiger partial charge in [0.15, 0.2) is 11.5 Å². The third-order valence-electron chi connectivity index (χ3n) is 5.16. The summed E-state index contributed by atoms with van der Waals surface area (Å²) in [6.07, 6.45) is 2.36. The first-order valence-electron chi connectivity index (χ1n) is 9.11. The van der Waals surface area contributed by atoms with Gasteiger partial charge in [0.1, 0.15) is 5.69 Å². The molecule has 144 valence electrons. The Morgan fingerprint density at radius 3 is 2.89 bits per heavy atom. The van der Waals surface area contributed by atoms with E-state index >= 15 is 0 Å². The molecule has 1 aromatic heterocycles. The first kappa shape index (κ1) is 18.2. The van der Waals surface area contributed by atoms with Crippen molar-refractivity contribution >= 4 is 17.2 Å². The Balaban J connectivity index is 1.51. The normalized spacial score (nSPS) is 17.7. The van der Waals surface area contributed by atoms with Gasteiger partial charge in [-0.25, -0.2) is 4.98 Å². The number of ether oxygens (including phenoxy) is 3. The summed E-state index contributed by atoms with van der Waals surface area (Å²) in [6.45, 7) is 2.64. The molecule has 4 rings (SSSR count). The fourth-order valence-electron chi connectivity index (χ4n) is 3.55. The molecule has 1 aromatic carbocycles. The highest BCUT2D eigenvalue weighted by Gasteiger charge is 2.36. The maximum absolute atomic E-state index is 12.6. The van der Waals surface area contributed by atoms with Crippen LogP contribution in [0, 0.1) is 0 Å². The summed E-state index contributed by atoms with van der Waals surface area (Å²) < 4.78 is 16.5. The number of nitrogens with two attached hydrogens (primary N) is 1. The molecular formula is C19H23N3O4S. The number of fused-ring (bicyclic) bond motifs is 1. The average Bonchev–Trinajstić information content (AvgIpc) is 3.36. The van der Waals surface area contributed by atoms with E-state index in [4.69, 9.17) is 19.9 Å². The Morgan fingerprint density at radius 1 is 1.26 bits per heavy atom. The largest absolute Gasteiger partial charge is 0.454 e. The molecule has 2 aliphatic heterocycles. The van der Waals surface area contributed by atoms with Crippen molar-refractivity contribution in [2.45, 2.75) is 24.7 Å². The van der Waals surface area contributed by atoms with Crippen LogP contribution in [-0.4, -0.2) is 44.0 Å². The van der Waals surface area contributed by atoms with Crippen molar-refractivity contribution in [3.8, 4) is 11.5 Å². The molecule has 1 fully saturated rings. The van der Waals surface area contributed by atoms with Crippen molar-refractivity contribution in [1.82, 2.24) is 10.3 Å². The van der Waals surface area contributed by atoms with Gasteiger partial charge in [-0.2, -0.15) is 0 Å². The van der Waals surface area contributed by atoms with Crippen molar-refractivity contribution in [1.29, 1.82) is 0 Å². The van der Waals surface area contributed by atoms with Crippen LogP contribution < -0.4 is 20.5 Å². The zero-order chi connectivity index (χ0) is 18.7. The molecule has 7 nitrogen and oxygen atoms in total. The Labute approximate surface area is 161 Å². The molecule has 0 atom stereocenters. The molecule has 8 heteroatoms. The zero-order valence-corrected chi connectivity index (χ0v) is 15.8. The molecule has 1 amide bonds. The molecule has 3 N–H and O–H groups in total. The van der Waals surface area contributed by atoms with Crippen LogP contribution in [0.3, 0.4) is 0 Å². The predicted molar refractivity (Wildman–Crippen MR) is 102 cm³/mol. The Hall–Kier alpha value is -2.16. The van der Waals surface area contributed by atoms with Crippen molar-refractivity contribution in [3.63, 3.8) is 0 Å². The average molecular weight is 389 g/mol. The maximum Gasteiger partial charge on any atom is 0.270 e. The Kier molecular flexibility index (Phi) is 5.29. The van der Waals surface area contributed by atoms with Crippen LogP contribution >= 0.6 is 11.3 Å². The highest BCUT2D eigenvalue weighted by Crippen LogP contribution is 2.40. The van der Waals surface area contributed by atoms with Crippen LogP contribution in [0.5, 0.6) is 11.5 Å². The molecule has 2 aliphatic rings. The van der Waals surface area contributed by atoms with Crippen LogP contribution in [0.2, 0.25) is 0 Å². The van der Waals surface area contributed by atoms with E-state index in [0.717, 1.165) is 34.9 Å². The van der Waals surface area contributed by atoms with E-state index in [1.807, 2.05) is 12.1 Å². The van der Waals surface area contributed by atoms with Gasteiger partial charge in [0.05, 0.1) is 5.01 Å². The summed E-state index contributed by atoms with van der Waals surface area (Å²) >= 11 is 1.47. The Bertz CT molecular complexity index is 817. The SMILES string of the molecule is NCCc1nc(C(=O)NCC2(c3ccc4c(c3)OCO4)CCOCC2)cs1. The minimum atomic E-state index is -0.189. The number of carbonyl (C=O) groups is 1. The molecular weight excluding hydrogens is 366 g/mol. The number of hydrogen-bond donors (Lipinski definition) is 2. The number of hydrogen-bond acceptors (Lipinski definition) is 7. The van der Waals surface area contributed by atoms with Crippen molar-refractivity contribution in [3.05, 3.63) is 39.8 Å². The number of nitrogens with one attached hydrogen (secondary N) is 1. The molecule has 0 saturated carbocycles. The predicted octanol–water partition coefficient (Wildman–Crippen LogP) is 1.85. The van der Waals surface area contributed by atoms with E-state index in [2.05, 4.69) is 16.4 Å². The molecule has 2 aromatic rings. The lowest BCUT2D eigenvalue weighted by atomic mass is 9.74. The molecule has 0 unspecified atom stereocenters. The fourth-order valence-corrected chi connectivity index (χ4v) is 4.34. The van der Waals surface area contributed by atoms with Gasteiger partial charge >= 0.3 is 0 Å². The summed E-state index contributed by atoms with van der Waals surface area (Å²) in [7, 11) is 0. The number of rotatable bonds is 6. The minimum absolute atomic E-state index is 0.152. The summed E-state index contributed by atoms with van der Waals surface area (Å²) in [5.41, 5.74) is 6.96. The van der Waals surface area contributed by atoms with E-state index in [-0.39, 0.29) is 18.1 Å². The molecule has 3 heterocycles. The highest BCUT2D eigenvalue weighted by molar-refractivity contribution is 7.09. The third-order valence-corrected chi connectivity index (χ3v) is 6.07. The lowest BCUT2D eigenvalue weighted by molar-refractivity contribution is 0.0486.